The summed E-state index contributed by atoms with van der Waals surface area (Å²) in [6, 6.07) is 9.30. The summed E-state index contributed by atoms with van der Waals surface area (Å²) < 4.78 is 12.1. The van der Waals surface area contributed by atoms with Crippen molar-refractivity contribution in [2.45, 2.75) is 25.1 Å². The molecule has 5 heteroatoms. The van der Waals surface area contributed by atoms with Crippen molar-refractivity contribution in [3.8, 4) is 0 Å². The molecule has 1 aromatic carbocycles. The third kappa shape index (κ3) is 4.62. The van der Waals surface area contributed by atoms with Gasteiger partial charge in [-0.05, 0) is 24.3 Å². The second kappa shape index (κ2) is 6.87. The van der Waals surface area contributed by atoms with Gasteiger partial charge in [0.1, 0.15) is 13.6 Å². The highest BCUT2D eigenvalue weighted by atomic mass is 31.1. The van der Waals surface area contributed by atoms with Crippen LogP contribution in [0.25, 0.3) is 0 Å². The van der Waals surface area contributed by atoms with E-state index in [-0.39, 0.29) is 11.7 Å². The average Bonchev–Trinajstić information content (AvgIpc) is 3.22. The van der Waals surface area contributed by atoms with Crippen molar-refractivity contribution in [2.75, 3.05) is 6.16 Å². The molecule has 4 nitrogen and oxygen atoms in total. The average molecular weight is 294 g/mol. The number of carboxylic acids is 1. The second-order valence-electron chi connectivity index (χ2n) is 5.18. The zero-order chi connectivity index (χ0) is 14.5. The topological polar surface area (TPSA) is 74.6 Å². The van der Waals surface area contributed by atoms with Gasteiger partial charge in [-0.15, -0.1) is 0 Å². The summed E-state index contributed by atoms with van der Waals surface area (Å²) in [6.07, 6.45) is 3.98. The first kappa shape index (κ1) is 15.0. The largest absolute Gasteiger partial charge is 0.478 e. The summed E-state index contributed by atoms with van der Waals surface area (Å²) in [6.45, 7) is 0. The molecule has 1 saturated carbocycles. The molecule has 0 saturated heterocycles. The summed E-state index contributed by atoms with van der Waals surface area (Å²) in [5.74, 6) is -1.67. The van der Waals surface area contributed by atoms with Gasteiger partial charge in [-0.2, -0.15) is 0 Å². The first-order chi connectivity index (χ1) is 9.56. The minimum Gasteiger partial charge on any atom is -0.478 e. The Kier molecular flexibility index (Phi) is 5.16. The van der Waals surface area contributed by atoms with Gasteiger partial charge in [-0.1, -0.05) is 36.4 Å². The summed E-state index contributed by atoms with van der Waals surface area (Å²) in [7, 11) is -2.37. The van der Waals surface area contributed by atoms with E-state index in [1.807, 2.05) is 30.3 Å². The van der Waals surface area contributed by atoms with E-state index in [2.05, 4.69) is 0 Å². The van der Waals surface area contributed by atoms with Gasteiger partial charge in [0, 0.05) is 18.2 Å². The maximum absolute atomic E-state index is 12.1. The third-order valence-corrected chi connectivity index (χ3v) is 5.02. The van der Waals surface area contributed by atoms with Gasteiger partial charge in [0.15, 0.2) is 0 Å². The number of benzene rings is 1. The first-order valence-electron chi connectivity index (χ1n) is 6.75. The molecule has 0 radical (unpaired) electrons. The highest BCUT2D eigenvalue weighted by molar-refractivity contribution is 7.45. The van der Waals surface area contributed by atoms with Crippen molar-refractivity contribution < 1.29 is 19.6 Å². The maximum Gasteiger partial charge on any atom is 0.331 e. The van der Waals surface area contributed by atoms with Crippen LogP contribution in [0.15, 0.2) is 42.0 Å². The molecule has 2 rings (SSSR count). The van der Waals surface area contributed by atoms with Crippen LogP contribution in [0, 0.1) is 5.92 Å². The molecule has 0 heterocycles. The number of hydrogen-bond donors (Lipinski definition) is 2. The van der Waals surface area contributed by atoms with E-state index in [1.165, 1.54) is 0 Å². The zero-order valence-corrected chi connectivity index (χ0v) is 12.2. The minimum absolute atomic E-state index is 0.0233. The molecule has 2 unspecified atom stereocenters. The molecule has 0 spiro atoms. The van der Waals surface area contributed by atoms with E-state index in [4.69, 9.17) is 5.11 Å². The van der Waals surface area contributed by atoms with Gasteiger partial charge in [0.2, 0.25) is 0 Å². The Labute approximate surface area is 118 Å². The van der Waals surface area contributed by atoms with Gasteiger partial charge in [-0.3, -0.25) is 0 Å². The molecule has 1 aliphatic rings. The van der Waals surface area contributed by atoms with Crippen LogP contribution in [0.4, 0.5) is 0 Å². The predicted molar refractivity (Wildman–Crippen MR) is 78.5 cm³/mol. The van der Waals surface area contributed by atoms with Crippen molar-refractivity contribution >= 4 is 13.8 Å². The van der Waals surface area contributed by atoms with Crippen molar-refractivity contribution in [3.63, 3.8) is 0 Å². The number of rotatable bonds is 7. The Bertz CT molecular complexity index is 520. The number of aliphatic hydroxyl groups excluding tert-OH is 1. The number of allylic oxidation sites excluding steroid dienone is 1. The maximum atomic E-state index is 12.1. The van der Waals surface area contributed by atoms with Crippen molar-refractivity contribution in [1.29, 1.82) is 0 Å². The number of hydrogen-bond acceptors (Lipinski definition) is 3. The zero-order valence-electron chi connectivity index (χ0n) is 11.2. The second-order valence-corrected chi connectivity index (χ2v) is 7.14. The number of carboxylic acid groups (broad SMARTS) is 1. The van der Waals surface area contributed by atoms with E-state index in [1.54, 1.807) is 6.08 Å². The lowest BCUT2D eigenvalue weighted by molar-refractivity contribution is -0.132. The Morgan fingerprint density at radius 3 is 2.55 bits per heavy atom. The van der Waals surface area contributed by atoms with Gasteiger partial charge < -0.3 is 14.8 Å². The van der Waals surface area contributed by atoms with Gasteiger partial charge in [-0.25, -0.2) is 4.79 Å². The van der Waals surface area contributed by atoms with E-state index in [0.29, 0.717) is 12.3 Å². The van der Waals surface area contributed by atoms with Gasteiger partial charge in [0.25, 0.3) is 0 Å². The molecule has 0 bridgehead atoms. The fourth-order valence-corrected chi connectivity index (χ4v) is 3.35. The number of aliphatic hydroxyl groups is 1. The minimum atomic E-state index is -2.37. The lowest BCUT2D eigenvalue weighted by Gasteiger charge is -2.11. The molecular weight excluding hydrogens is 275 g/mol. The summed E-state index contributed by atoms with van der Waals surface area (Å²) in [5, 5.41) is 19.1. The van der Waals surface area contributed by atoms with Crippen LogP contribution in [0.2, 0.25) is 0 Å². The molecule has 0 aliphatic heterocycles. The van der Waals surface area contributed by atoms with Crippen LogP contribution in [0.5, 0.6) is 0 Å². The predicted octanol–water partition coefficient (Wildman–Crippen LogP) is 2.53. The Balaban J connectivity index is 1.94. The SMILES string of the molecule is O=C(O)C(=CC1CC1)C[PH](=O)C(O)Cc1ccccc1. The molecule has 1 aromatic rings. The smallest absolute Gasteiger partial charge is 0.331 e. The van der Waals surface area contributed by atoms with Crippen LogP contribution in [-0.2, 0) is 15.8 Å². The van der Waals surface area contributed by atoms with Gasteiger partial charge >= 0.3 is 5.97 Å². The fourth-order valence-electron chi connectivity index (χ4n) is 2.01. The third-order valence-electron chi connectivity index (χ3n) is 3.34. The molecular formula is C15H19O4P. The Morgan fingerprint density at radius 2 is 2.00 bits per heavy atom. The van der Waals surface area contributed by atoms with Crippen LogP contribution in [0.1, 0.15) is 18.4 Å². The molecule has 2 atom stereocenters. The van der Waals surface area contributed by atoms with Crippen LogP contribution < -0.4 is 0 Å². The Hall–Kier alpha value is -1.38. The fraction of sp³-hybridized carbons (Fsp3) is 0.400. The van der Waals surface area contributed by atoms with E-state index in [9.17, 15) is 14.5 Å². The van der Waals surface area contributed by atoms with E-state index >= 15 is 0 Å². The Morgan fingerprint density at radius 1 is 1.35 bits per heavy atom. The van der Waals surface area contributed by atoms with E-state index < -0.39 is 19.6 Å². The molecule has 0 aromatic heterocycles. The molecule has 2 N–H and O–H groups in total. The number of aliphatic carboxylic acids is 1. The molecule has 1 aliphatic carbocycles. The van der Waals surface area contributed by atoms with Crippen molar-refractivity contribution in [3.05, 3.63) is 47.5 Å². The highest BCUT2D eigenvalue weighted by Crippen LogP contribution is 2.35. The van der Waals surface area contributed by atoms with Crippen LogP contribution in [0.3, 0.4) is 0 Å². The molecule has 108 valence electrons. The molecule has 1 fully saturated rings. The standard InChI is InChI=1S/C15H19O4P/c16-14(9-11-4-2-1-3-5-11)20(19)10-13(15(17)18)8-12-6-7-12/h1-5,8,12,14,16,20H,6-7,9-10H2,(H,17,18). The van der Waals surface area contributed by atoms with E-state index in [0.717, 1.165) is 18.4 Å². The van der Waals surface area contributed by atoms with Crippen molar-refractivity contribution in [1.82, 2.24) is 0 Å². The summed E-state index contributed by atoms with van der Waals surface area (Å²) >= 11 is 0. The van der Waals surface area contributed by atoms with Crippen molar-refractivity contribution in [2.24, 2.45) is 5.92 Å². The van der Waals surface area contributed by atoms with Crippen LogP contribution in [-0.4, -0.2) is 28.2 Å². The normalized spacial score (nSPS) is 18.6. The lowest BCUT2D eigenvalue weighted by atomic mass is 10.2. The van der Waals surface area contributed by atoms with Crippen LogP contribution >= 0.6 is 7.80 Å². The quantitative estimate of drug-likeness (QED) is 0.598. The molecule has 20 heavy (non-hydrogen) atoms. The first-order valence-corrected chi connectivity index (χ1v) is 8.44. The molecule has 0 amide bonds. The summed E-state index contributed by atoms with van der Waals surface area (Å²) in [5.41, 5.74) is 1.09. The monoisotopic (exact) mass is 294 g/mol. The highest BCUT2D eigenvalue weighted by Gasteiger charge is 2.24. The number of carbonyl (C=O) groups is 1. The van der Waals surface area contributed by atoms with Gasteiger partial charge in [0.05, 0.1) is 0 Å². The lowest BCUT2D eigenvalue weighted by Crippen LogP contribution is -2.11. The summed E-state index contributed by atoms with van der Waals surface area (Å²) in [4.78, 5) is 11.1.